The summed E-state index contributed by atoms with van der Waals surface area (Å²) in [6, 6.07) is 15.2. The zero-order chi connectivity index (χ0) is 23.6. The number of rotatable bonds is 19. The van der Waals surface area contributed by atoms with Crippen LogP contribution in [0.1, 0.15) is 120 Å². The Morgan fingerprint density at radius 2 is 1.09 bits per heavy atom. The number of unbranched alkanes of at least 4 members (excludes halogenated alkanes) is 12. The van der Waals surface area contributed by atoms with Crippen LogP contribution in [-0.2, 0) is 12.8 Å². The molecule has 0 amide bonds. The van der Waals surface area contributed by atoms with Crippen molar-refractivity contribution in [2.24, 2.45) is 0 Å². The average molecular weight is 449 g/mol. The van der Waals surface area contributed by atoms with E-state index in [1.54, 1.807) is 0 Å². The largest absolute Gasteiger partial charge is 0.457 e. The summed E-state index contributed by atoms with van der Waals surface area (Å²) in [5, 5.41) is 0. The van der Waals surface area contributed by atoms with Crippen molar-refractivity contribution in [3.05, 3.63) is 65.7 Å². The Hall–Kier alpha value is -2.02. The molecule has 2 rings (SSSR count). The number of ether oxygens (including phenoxy) is 1. The van der Waals surface area contributed by atoms with Gasteiger partial charge in [0.15, 0.2) is 0 Å². The lowest BCUT2D eigenvalue weighted by Gasteiger charge is -2.12. The van der Waals surface area contributed by atoms with Gasteiger partial charge in [0.1, 0.15) is 11.5 Å². The van der Waals surface area contributed by atoms with Crippen LogP contribution in [-0.4, -0.2) is 0 Å². The molecule has 182 valence electrons. The van der Waals surface area contributed by atoms with Gasteiger partial charge in [-0.1, -0.05) is 122 Å². The van der Waals surface area contributed by atoms with E-state index in [9.17, 15) is 0 Å². The molecule has 2 aromatic carbocycles. The maximum absolute atomic E-state index is 6.20. The van der Waals surface area contributed by atoms with Gasteiger partial charge in [-0.3, -0.25) is 0 Å². The van der Waals surface area contributed by atoms with E-state index in [2.05, 4.69) is 62.9 Å². The Balaban J connectivity index is 1.74. The van der Waals surface area contributed by atoms with Gasteiger partial charge >= 0.3 is 0 Å². The summed E-state index contributed by atoms with van der Waals surface area (Å²) < 4.78 is 6.20. The normalized spacial score (nSPS) is 11.0. The van der Waals surface area contributed by atoms with Gasteiger partial charge < -0.3 is 4.74 Å². The van der Waals surface area contributed by atoms with E-state index in [0.29, 0.717) is 0 Å². The summed E-state index contributed by atoms with van der Waals surface area (Å²) in [5.74, 6) is 1.80. The highest BCUT2D eigenvalue weighted by Crippen LogP contribution is 2.28. The van der Waals surface area contributed by atoms with Crippen molar-refractivity contribution in [3.8, 4) is 11.5 Å². The van der Waals surface area contributed by atoms with Crippen molar-refractivity contribution in [1.82, 2.24) is 0 Å². The first-order valence-corrected chi connectivity index (χ1v) is 13.8. The van der Waals surface area contributed by atoms with Gasteiger partial charge in [0.25, 0.3) is 0 Å². The summed E-state index contributed by atoms with van der Waals surface area (Å²) in [4.78, 5) is 0. The predicted octanol–water partition coefficient (Wildman–Crippen LogP) is 10.7. The lowest BCUT2D eigenvalue weighted by Crippen LogP contribution is -1.92. The highest BCUT2D eigenvalue weighted by molar-refractivity contribution is 5.58. The van der Waals surface area contributed by atoms with Crippen LogP contribution >= 0.6 is 0 Å². The zero-order valence-electron chi connectivity index (χ0n) is 21.5. The Morgan fingerprint density at radius 3 is 1.64 bits per heavy atom. The Bertz CT molecular complexity index is 759. The SMILES string of the molecule is C=Cc1cc(CCCCCCCCC)ccc1Oc1ccc(CCCCCCCCC)cc1. The van der Waals surface area contributed by atoms with E-state index in [1.807, 2.05) is 6.08 Å². The van der Waals surface area contributed by atoms with Crippen LogP contribution in [0.15, 0.2) is 49.0 Å². The number of aryl methyl sites for hydroxylation is 2. The van der Waals surface area contributed by atoms with E-state index >= 15 is 0 Å². The predicted molar refractivity (Wildman–Crippen MR) is 146 cm³/mol. The minimum Gasteiger partial charge on any atom is -0.457 e. The van der Waals surface area contributed by atoms with Gasteiger partial charge in [0.05, 0.1) is 0 Å². The van der Waals surface area contributed by atoms with Crippen LogP contribution in [0.3, 0.4) is 0 Å². The molecule has 0 aliphatic carbocycles. The van der Waals surface area contributed by atoms with E-state index < -0.39 is 0 Å². The van der Waals surface area contributed by atoms with Crippen molar-refractivity contribution < 1.29 is 4.74 Å². The quantitative estimate of drug-likeness (QED) is 0.194. The molecule has 0 aromatic heterocycles. The molecule has 0 atom stereocenters. The molecule has 0 saturated heterocycles. The first-order chi connectivity index (χ1) is 16.3. The molecule has 0 spiro atoms. The standard InChI is InChI=1S/C32H48O/c1-4-7-9-11-13-15-17-19-28-21-24-31(25-22-28)33-32-26-23-29(27-30(32)6-3)20-18-16-14-12-10-8-5-2/h6,21-27H,3-5,7-20H2,1-2H3. The maximum Gasteiger partial charge on any atom is 0.134 e. The van der Waals surface area contributed by atoms with Crippen molar-refractivity contribution in [2.75, 3.05) is 0 Å². The average Bonchev–Trinajstić information content (AvgIpc) is 2.84. The highest BCUT2D eigenvalue weighted by atomic mass is 16.5. The molecule has 2 aromatic rings. The smallest absolute Gasteiger partial charge is 0.134 e. The van der Waals surface area contributed by atoms with Crippen molar-refractivity contribution in [3.63, 3.8) is 0 Å². The summed E-state index contributed by atoms with van der Waals surface area (Å²) in [7, 11) is 0. The Labute approximate surface area is 204 Å². The minimum absolute atomic E-state index is 0.896. The van der Waals surface area contributed by atoms with Crippen molar-refractivity contribution in [1.29, 1.82) is 0 Å². The highest BCUT2D eigenvalue weighted by Gasteiger charge is 2.05. The molecular weight excluding hydrogens is 400 g/mol. The molecule has 1 nitrogen and oxygen atoms in total. The van der Waals surface area contributed by atoms with E-state index in [0.717, 1.165) is 23.5 Å². The van der Waals surface area contributed by atoms with Gasteiger partial charge in [0.2, 0.25) is 0 Å². The third kappa shape index (κ3) is 11.6. The fourth-order valence-corrected chi connectivity index (χ4v) is 4.43. The second kappa shape index (κ2) is 17.5. The molecule has 0 aliphatic heterocycles. The molecule has 33 heavy (non-hydrogen) atoms. The van der Waals surface area contributed by atoms with Gasteiger partial charge in [-0.2, -0.15) is 0 Å². The molecule has 0 heterocycles. The molecule has 0 fully saturated rings. The lowest BCUT2D eigenvalue weighted by molar-refractivity contribution is 0.481. The topological polar surface area (TPSA) is 9.23 Å². The minimum atomic E-state index is 0.896. The summed E-state index contributed by atoms with van der Waals surface area (Å²) in [5.41, 5.74) is 3.88. The Morgan fingerprint density at radius 1 is 0.606 bits per heavy atom. The van der Waals surface area contributed by atoms with Gasteiger partial charge in [0, 0.05) is 5.56 Å². The molecule has 0 bridgehead atoms. The van der Waals surface area contributed by atoms with E-state index in [-0.39, 0.29) is 0 Å². The molecule has 0 radical (unpaired) electrons. The molecule has 1 heteroatoms. The third-order valence-electron chi connectivity index (χ3n) is 6.58. The van der Waals surface area contributed by atoms with Crippen LogP contribution in [0.25, 0.3) is 6.08 Å². The van der Waals surface area contributed by atoms with Gasteiger partial charge in [-0.25, -0.2) is 0 Å². The van der Waals surface area contributed by atoms with Crippen LogP contribution in [0, 0.1) is 0 Å². The fraction of sp³-hybridized carbons (Fsp3) is 0.562. The molecule has 0 saturated carbocycles. The molecular formula is C32H48O. The third-order valence-corrected chi connectivity index (χ3v) is 6.58. The van der Waals surface area contributed by atoms with Crippen LogP contribution < -0.4 is 4.74 Å². The van der Waals surface area contributed by atoms with Crippen LogP contribution in [0.4, 0.5) is 0 Å². The molecule has 0 unspecified atom stereocenters. The van der Waals surface area contributed by atoms with E-state index in [4.69, 9.17) is 4.74 Å². The molecule has 0 N–H and O–H groups in total. The summed E-state index contributed by atoms with van der Waals surface area (Å²) in [6.45, 7) is 8.56. The number of hydrogen-bond acceptors (Lipinski definition) is 1. The van der Waals surface area contributed by atoms with Gasteiger partial charge in [-0.05, 0) is 61.1 Å². The van der Waals surface area contributed by atoms with Crippen LogP contribution in [0.2, 0.25) is 0 Å². The lowest BCUT2D eigenvalue weighted by atomic mass is 10.0. The van der Waals surface area contributed by atoms with Crippen molar-refractivity contribution >= 4 is 6.08 Å². The molecule has 0 aliphatic rings. The fourth-order valence-electron chi connectivity index (χ4n) is 4.43. The van der Waals surface area contributed by atoms with E-state index in [1.165, 1.54) is 107 Å². The van der Waals surface area contributed by atoms with Crippen molar-refractivity contribution in [2.45, 2.75) is 117 Å². The first-order valence-electron chi connectivity index (χ1n) is 13.8. The second-order valence-corrected chi connectivity index (χ2v) is 9.56. The van der Waals surface area contributed by atoms with Crippen LogP contribution in [0.5, 0.6) is 11.5 Å². The summed E-state index contributed by atoms with van der Waals surface area (Å²) in [6.07, 6.45) is 23.2. The first kappa shape index (κ1) is 27.2. The maximum atomic E-state index is 6.20. The monoisotopic (exact) mass is 448 g/mol. The van der Waals surface area contributed by atoms with Gasteiger partial charge in [-0.15, -0.1) is 0 Å². The second-order valence-electron chi connectivity index (χ2n) is 9.56. The number of hydrogen-bond donors (Lipinski definition) is 0. The zero-order valence-corrected chi connectivity index (χ0v) is 21.5. The number of benzene rings is 2. The summed E-state index contributed by atoms with van der Waals surface area (Å²) >= 11 is 0. The Kier molecular flexibility index (Phi) is 14.4.